The Labute approximate surface area is 235 Å². The molecule has 1 aliphatic heterocycles. The predicted molar refractivity (Wildman–Crippen MR) is 155 cm³/mol. The third-order valence-corrected chi connectivity index (χ3v) is 7.92. The smallest absolute Gasteiger partial charge is 0.307 e. The van der Waals surface area contributed by atoms with Crippen LogP contribution in [0.2, 0.25) is 0 Å². The lowest BCUT2D eigenvalue weighted by molar-refractivity contribution is -0.155. The molecule has 210 valence electrons. The molecule has 4 aromatic rings. The van der Waals surface area contributed by atoms with E-state index in [0.717, 1.165) is 36.2 Å². The number of nitrogens with zero attached hydrogens (tertiary/aromatic N) is 5. The van der Waals surface area contributed by atoms with Gasteiger partial charge in [-0.2, -0.15) is 10.1 Å². The van der Waals surface area contributed by atoms with Crippen molar-refractivity contribution in [2.24, 2.45) is 0 Å². The minimum absolute atomic E-state index is 0.144. The quantitative estimate of drug-likeness (QED) is 0.243. The van der Waals surface area contributed by atoms with E-state index >= 15 is 0 Å². The molecule has 8 nitrogen and oxygen atoms in total. The van der Waals surface area contributed by atoms with Crippen molar-refractivity contribution in [3.05, 3.63) is 52.7 Å². The van der Waals surface area contributed by atoms with Crippen LogP contribution >= 0.6 is 0 Å². The van der Waals surface area contributed by atoms with Crippen molar-refractivity contribution in [2.45, 2.75) is 91.3 Å². The number of carbonyl (C=O) groups is 1. The monoisotopic (exact) mass is 541 g/mol. The van der Waals surface area contributed by atoms with Gasteiger partial charge >= 0.3 is 5.97 Å². The first-order chi connectivity index (χ1) is 19.1. The fraction of sp³-hybridized carbons (Fsp3) is 0.500. The van der Waals surface area contributed by atoms with Crippen LogP contribution in [0, 0.1) is 6.92 Å². The maximum Gasteiger partial charge on any atom is 0.307 e. The van der Waals surface area contributed by atoms with Gasteiger partial charge in [0.25, 0.3) is 5.89 Å². The van der Waals surface area contributed by atoms with Crippen molar-refractivity contribution in [3.8, 4) is 22.8 Å². The van der Waals surface area contributed by atoms with Gasteiger partial charge in [-0.15, -0.1) is 0 Å². The zero-order valence-corrected chi connectivity index (χ0v) is 24.5. The second kappa shape index (κ2) is 10.1. The number of ether oxygens (including phenoxy) is 1. The lowest BCUT2D eigenvalue weighted by Gasteiger charge is -2.30. The minimum atomic E-state index is -0.447. The van der Waals surface area contributed by atoms with Crippen LogP contribution in [0.3, 0.4) is 0 Å². The molecule has 6 rings (SSSR count). The fourth-order valence-corrected chi connectivity index (χ4v) is 5.77. The molecule has 0 saturated heterocycles. The molecule has 2 aliphatic rings. The van der Waals surface area contributed by atoms with Crippen molar-refractivity contribution < 1.29 is 14.1 Å². The molecule has 1 fully saturated rings. The fourth-order valence-electron chi connectivity index (χ4n) is 5.77. The summed E-state index contributed by atoms with van der Waals surface area (Å²) in [6.07, 6.45) is 3.74. The molecule has 0 spiro atoms. The summed E-state index contributed by atoms with van der Waals surface area (Å²) >= 11 is 0. The van der Waals surface area contributed by atoms with E-state index in [0.29, 0.717) is 36.6 Å². The molecule has 0 amide bonds. The first-order valence-corrected chi connectivity index (χ1v) is 14.5. The Morgan fingerprint density at radius 2 is 1.98 bits per heavy atom. The molecular weight excluding hydrogens is 502 g/mol. The molecule has 40 heavy (non-hydrogen) atoms. The van der Waals surface area contributed by atoms with Gasteiger partial charge in [0, 0.05) is 48.1 Å². The van der Waals surface area contributed by atoms with Crippen molar-refractivity contribution >= 4 is 16.9 Å². The van der Waals surface area contributed by atoms with Gasteiger partial charge in [0.1, 0.15) is 5.60 Å². The van der Waals surface area contributed by atoms with E-state index in [2.05, 4.69) is 65.8 Å². The summed E-state index contributed by atoms with van der Waals surface area (Å²) in [5.41, 5.74) is 7.66. The predicted octanol–water partition coefficient (Wildman–Crippen LogP) is 6.61. The van der Waals surface area contributed by atoms with Gasteiger partial charge in [-0.05, 0) is 95.7 Å². The average molecular weight is 542 g/mol. The van der Waals surface area contributed by atoms with E-state index < -0.39 is 5.60 Å². The molecule has 8 heteroatoms. The number of hydrogen-bond donors (Lipinski definition) is 0. The van der Waals surface area contributed by atoms with Crippen molar-refractivity contribution in [1.29, 1.82) is 0 Å². The molecular formula is C32H39N5O3. The lowest BCUT2D eigenvalue weighted by atomic mass is 9.91. The van der Waals surface area contributed by atoms with E-state index in [1.807, 2.05) is 20.8 Å². The second-order valence-corrected chi connectivity index (χ2v) is 12.6. The number of hydrogen-bond acceptors (Lipinski definition) is 7. The summed E-state index contributed by atoms with van der Waals surface area (Å²) in [5, 5.41) is 10.5. The first-order valence-electron chi connectivity index (χ1n) is 14.5. The lowest BCUT2D eigenvalue weighted by Crippen LogP contribution is -2.34. The molecule has 0 N–H and O–H groups in total. The molecule has 1 aliphatic carbocycles. The highest BCUT2D eigenvalue weighted by molar-refractivity contribution is 5.87. The van der Waals surface area contributed by atoms with Gasteiger partial charge in [0.15, 0.2) is 0 Å². The molecule has 0 atom stereocenters. The number of esters is 1. The highest BCUT2D eigenvalue weighted by Gasteiger charge is 2.30. The summed E-state index contributed by atoms with van der Waals surface area (Å²) < 4.78 is 13.4. The molecule has 0 unspecified atom stereocenters. The Kier molecular flexibility index (Phi) is 6.77. The Morgan fingerprint density at radius 1 is 1.18 bits per heavy atom. The molecule has 3 heterocycles. The van der Waals surface area contributed by atoms with Crippen LogP contribution in [0.4, 0.5) is 0 Å². The SMILES string of the molecule is Cc1c(-c2noc(-c3ccc4c(c3)c(C3CC3)nn4C(C)C)n2)ccc2c1CCN(CCC(=O)OC(C)(C)C)C2. The van der Waals surface area contributed by atoms with Gasteiger partial charge in [-0.3, -0.25) is 14.4 Å². The van der Waals surface area contributed by atoms with E-state index in [9.17, 15) is 4.79 Å². The van der Waals surface area contributed by atoms with Crippen LogP contribution in [-0.4, -0.2) is 49.5 Å². The van der Waals surface area contributed by atoms with E-state index in [1.54, 1.807) is 0 Å². The van der Waals surface area contributed by atoms with Gasteiger partial charge in [-0.1, -0.05) is 17.3 Å². The summed E-state index contributed by atoms with van der Waals surface area (Å²) in [7, 11) is 0. The van der Waals surface area contributed by atoms with Crippen LogP contribution in [0.15, 0.2) is 34.9 Å². The normalized spacial score (nSPS) is 16.1. The highest BCUT2D eigenvalue weighted by Crippen LogP contribution is 2.43. The third kappa shape index (κ3) is 5.29. The van der Waals surface area contributed by atoms with Gasteiger partial charge < -0.3 is 9.26 Å². The Bertz CT molecular complexity index is 1570. The largest absolute Gasteiger partial charge is 0.460 e. The summed E-state index contributed by atoms with van der Waals surface area (Å²) in [5.74, 6) is 1.56. The van der Waals surface area contributed by atoms with Crippen LogP contribution in [0.25, 0.3) is 33.7 Å². The molecule has 2 aromatic heterocycles. The summed E-state index contributed by atoms with van der Waals surface area (Å²) in [4.78, 5) is 19.3. The van der Waals surface area contributed by atoms with E-state index in [4.69, 9.17) is 19.3 Å². The second-order valence-electron chi connectivity index (χ2n) is 12.6. The highest BCUT2D eigenvalue weighted by atomic mass is 16.6. The number of aromatic nitrogens is 4. The minimum Gasteiger partial charge on any atom is -0.460 e. The maximum atomic E-state index is 12.2. The standard InChI is InChI=1S/C32H39N5O3/c1-19(2)37-27-12-10-22(17-26(27)29(34-37)21-7-8-21)31-33-30(35-40-31)25-11-9-23-18-36(15-13-24(23)20(25)3)16-14-28(38)39-32(4,5)6/h9-12,17,19,21H,7-8,13-16,18H2,1-6H3. The number of rotatable bonds is 7. The van der Waals surface area contributed by atoms with Crippen molar-refractivity contribution in [3.63, 3.8) is 0 Å². The van der Waals surface area contributed by atoms with Crippen LogP contribution in [0.1, 0.15) is 88.2 Å². The Balaban J connectivity index is 1.20. The average Bonchev–Trinajstić information content (AvgIpc) is 3.49. The van der Waals surface area contributed by atoms with Crippen molar-refractivity contribution in [2.75, 3.05) is 13.1 Å². The first kappa shape index (κ1) is 26.7. The van der Waals surface area contributed by atoms with Crippen LogP contribution in [0.5, 0.6) is 0 Å². The zero-order chi connectivity index (χ0) is 28.2. The van der Waals surface area contributed by atoms with Crippen LogP contribution in [-0.2, 0) is 22.5 Å². The van der Waals surface area contributed by atoms with E-state index in [-0.39, 0.29) is 5.97 Å². The molecule has 0 radical (unpaired) electrons. The maximum absolute atomic E-state index is 12.2. The summed E-state index contributed by atoms with van der Waals surface area (Å²) in [6, 6.07) is 10.9. The van der Waals surface area contributed by atoms with Gasteiger partial charge in [-0.25, -0.2) is 0 Å². The summed E-state index contributed by atoms with van der Waals surface area (Å²) in [6.45, 7) is 14.6. The van der Waals surface area contributed by atoms with Crippen molar-refractivity contribution in [1.82, 2.24) is 24.8 Å². The third-order valence-electron chi connectivity index (χ3n) is 7.92. The Morgan fingerprint density at radius 3 is 2.70 bits per heavy atom. The van der Waals surface area contributed by atoms with Gasteiger partial charge in [0.2, 0.25) is 5.82 Å². The van der Waals surface area contributed by atoms with Gasteiger partial charge in [0.05, 0.1) is 17.6 Å². The molecule has 2 aromatic carbocycles. The van der Waals surface area contributed by atoms with E-state index in [1.165, 1.54) is 40.6 Å². The number of carbonyl (C=O) groups excluding carboxylic acids is 1. The van der Waals surface area contributed by atoms with Crippen LogP contribution < -0.4 is 0 Å². The molecule has 0 bridgehead atoms. The Hall–Kier alpha value is -3.52. The topological polar surface area (TPSA) is 86.3 Å². The molecule has 1 saturated carbocycles. The zero-order valence-electron chi connectivity index (χ0n) is 24.5. The number of fused-ring (bicyclic) bond motifs is 2. The number of benzene rings is 2.